The standard InChI is InChI=1S/C16H17N3O3/c17-16-18-12-8-7-10(13(12)14(20)19-16)4-1-9-2-5-11(6-3-9)15(21)22/h2-3,5-6,10H,1,4,7-8H2,(H,21,22)(H3,17,18,19,20). The highest BCUT2D eigenvalue weighted by Crippen LogP contribution is 2.33. The Balaban J connectivity index is 1.72. The van der Waals surface area contributed by atoms with Crippen LogP contribution in [0.1, 0.15) is 45.9 Å². The number of fused-ring (bicyclic) bond motifs is 1. The second-order valence-electron chi connectivity index (χ2n) is 5.59. The van der Waals surface area contributed by atoms with Gasteiger partial charge in [0.05, 0.1) is 11.3 Å². The molecule has 0 amide bonds. The van der Waals surface area contributed by atoms with Gasteiger partial charge in [0.25, 0.3) is 5.56 Å². The van der Waals surface area contributed by atoms with Crippen molar-refractivity contribution >= 4 is 11.9 Å². The van der Waals surface area contributed by atoms with E-state index in [1.54, 1.807) is 12.1 Å². The van der Waals surface area contributed by atoms with Gasteiger partial charge in [-0.1, -0.05) is 12.1 Å². The topological polar surface area (TPSA) is 109 Å². The average Bonchev–Trinajstić information content (AvgIpc) is 2.88. The number of aromatic amines is 1. The number of hydrogen-bond acceptors (Lipinski definition) is 4. The zero-order valence-electron chi connectivity index (χ0n) is 12.0. The summed E-state index contributed by atoms with van der Waals surface area (Å²) < 4.78 is 0. The molecule has 0 bridgehead atoms. The summed E-state index contributed by atoms with van der Waals surface area (Å²) in [6.45, 7) is 0. The van der Waals surface area contributed by atoms with E-state index in [0.717, 1.165) is 42.5 Å². The third kappa shape index (κ3) is 2.72. The second-order valence-corrected chi connectivity index (χ2v) is 5.59. The number of carboxylic acid groups (broad SMARTS) is 1. The molecule has 1 atom stereocenters. The highest BCUT2D eigenvalue weighted by atomic mass is 16.4. The first kappa shape index (κ1) is 14.3. The molecular formula is C16H17N3O3. The van der Waals surface area contributed by atoms with Gasteiger partial charge in [-0.2, -0.15) is 0 Å². The van der Waals surface area contributed by atoms with Crippen molar-refractivity contribution in [2.24, 2.45) is 0 Å². The molecule has 6 heteroatoms. The molecule has 22 heavy (non-hydrogen) atoms. The van der Waals surface area contributed by atoms with Crippen LogP contribution in [0.2, 0.25) is 0 Å². The van der Waals surface area contributed by atoms with E-state index in [-0.39, 0.29) is 23.0 Å². The highest BCUT2D eigenvalue weighted by Gasteiger charge is 2.27. The predicted octanol–water partition coefficient (Wildman–Crippen LogP) is 1.71. The average molecular weight is 299 g/mol. The number of nitrogens with two attached hydrogens (primary N) is 1. The van der Waals surface area contributed by atoms with E-state index in [1.165, 1.54) is 0 Å². The number of nitrogens with one attached hydrogen (secondary N) is 1. The fourth-order valence-corrected chi connectivity index (χ4v) is 3.06. The van der Waals surface area contributed by atoms with Crippen molar-refractivity contribution in [1.82, 2.24) is 9.97 Å². The molecule has 6 nitrogen and oxygen atoms in total. The first-order valence-corrected chi connectivity index (χ1v) is 7.25. The molecule has 114 valence electrons. The molecule has 0 saturated heterocycles. The Morgan fingerprint density at radius 2 is 2.09 bits per heavy atom. The third-order valence-corrected chi connectivity index (χ3v) is 4.17. The fraction of sp³-hybridized carbons (Fsp3) is 0.312. The molecule has 1 aliphatic carbocycles. The van der Waals surface area contributed by atoms with E-state index in [9.17, 15) is 9.59 Å². The number of aromatic carboxylic acids is 1. The lowest BCUT2D eigenvalue weighted by molar-refractivity contribution is 0.0697. The number of hydrogen-bond donors (Lipinski definition) is 3. The molecule has 2 aromatic rings. The molecule has 0 radical (unpaired) electrons. The molecule has 0 aliphatic heterocycles. The Morgan fingerprint density at radius 3 is 2.77 bits per heavy atom. The van der Waals surface area contributed by atoms with Crippen molar-refractivity contribution in [2.75, 3.05) is 5.73 Å². The van der Waals surface area contributed by atoms with Gasteiger partial charge in [0.2, 0.25) is 5.95 Å². The van der Waals surface area contributed by atoms with Crippen molar-refractivity contribution in [2.45, 2.75) is 31.6 Å². The minimum atomic E-state index is -0.925. The van der Waals surface area contributed by atoms with Gasteiger partial charge in [0.1, 0.15) is 0 Å². The van der Waals surface area contributed by atoms with Crippen LogP contribution in [0.15, 0.2) is 29.1 Å². The monoisotopic (exact) mass is 299 g/mol. The number of anilines is 1. The third-order valence-electron chi connectivity index (χ3n) is 4.17. The summed E-state index contributed by atoms with van der Waals surface area (Å²) >= 11 is 0. The normalized spacial score (nSPS) is 16.5. The van der Waals surface area contributed by atoms with Gasteiger partial charge in [0.15, 0.2) is 0 Å². The number of benzene rings is 1. The number of H-pyrrole nitrogens is 1. The lowest BCUT2D eigenvalue weighted by Gasteiger charge is -2.10. The van der Waals surface area contributed by atoms with Crippen LogP contribution in [0.4, 0.5) is 5.95 Å². The van der Waals surface area contributed by atoms with Crippen LogP contribution in [0.25, 0.3) is 0 Å². The molecule has 1 aromatic heterocycles. The predicted molar refractivity (Wildman–Crippen MR) is 82.1 cm³/mol. The van der Waals surface area contributed by atoms with Crippen molar-refractivity contribution in [3.63, 3.8) is 0 Å². The zero-order valence-corrected chi connectivity index (χ0v) is 12.0. The van der Waals surface area contributed by atoms with Gasteiger partial charge in [-0.15, -0.1) is 0 Å². The molecule has 0 fully saturated rings. The van der Waals surface area contributed by atoms with E-state index in [2.05, 4.69) is 9.97 Å². The van der Waals surface area contributed by atoms with Crippen molar-refractivity contribution in [1.29, 1.82) is 0 Å². The van der Waals surface area contributed by atoms with Crippen LogP contribution in [0.3, 0.4) is 0 Å². The van der Waals surface area contributed by atoms with Crippen LogP contribution < -0.4 is 11.3 Å². The molecule has 1 aliphatic rings. The van der Waals surface area contributed by atoms with Crippen LogP contribution in [0.5, 0.6) is 0 Å². The lowest BCUT2D eigenvalue weighted by Crippen LogP contribution is -2.18. The summed E-state index contributed by atoms with van der Waals surface area (Å²) in [7, 11) is 0. The van der Waals surface area contributed by atoms with Gasteiger partial charge < -0.3 is 10.8 Å². The van der Waals surface area contributed by atoms with Crippen LogP contribution in [0, 0.1) is 0 Å². The zero-order chi connectivity index (χ0) is 15.7. The minimum Gasteiger partial charge on any atom is -0.478 e. The summed E-state index contributed by atoms with van der Waals surface area (Å²) in [6, 6.07) is 6.86. The van der Waals surface area contributed by atoms with Crippen molar-refractivity contribution < 1.29 is 9.90 Å². The largest absolute Gasteiger partial charge is 0.478 e. The molecule has 1 aromatic carbocycles. The first-order chi connectivity index (χ1) is 10.5. The van der Waals surface area contributed by atoms with Gasteiger partial charge in [-0.05, 0) is 49.3 Å². The Hall–Kier alpha value is -2.63. The maximum atomic E-state index is 12.0. The van der Waals surface area contributed by atoms with Crippen LogP contribution >= 0.6 is 0 Å². The number of carboxylic acids is 1. The lowest BCUT2D eigenvalue weighted by atomic mass is 9.95. The summed E-state index contributed by atoms with van der Waals surface area (Å²) in [5, 5.41) is 8.89. The van der Waals surface area contributed by atoms with Crippen LogP contribution in [-0.4, -0.2) is 21.0 Å². The number of rotatable bonds is 4. The van der Waals surface area contributed by atoms with Gasteiger partial charge in [0, 0.05) is 5.56 Å². The quantitative estimate of drug-likeness (QED) is 0.796. The smallest absolute Gasteiger partial charge is 0.335 e. The molecule has 1 heterocycles. The number of carbonyl (C=O) groups is 1. The van der Waals surface area contributed by atoms with E-state index >= 15 is 0 Å². The van der Waals surface area contributed by atoms with E-state index < -0.39 is 5.97 Å². The number of aryl methyl sites for hydroxylation is 2. The Morgan fingerprint density at radius 1 is 1.36 bits per heavy atom. The number of nitrogens with zero attached hydrogens (tertiary/aromatic N) is 1. The first-order valence-electron chi connectivity index (χ1n) is 7.25. The maximum absolute atomic E-state index is 12.0. The molecule has 4 N–H and O–H groups in total. The van der Waals surface area contributed by atoms with Crippen molar-refractivity contribution in [3.05, 3.63) is 57.0 Å². The van der Waals surface area contributed by atoms with Gasteiger partial charge in [-0.25, -0.2) is 9.78 Å². The van der Waals surface area contributed by atoms with Gasteiger partial charge in [-0.3, -0.25) is 9.78 Å². The Bertz CT molecular complexity index is 765. The molecule has 0 saturated carbocycles. The van der Waals surface area contributed by atoms with Gasteiger partial charge >= 0.3 is 5.97 Å². The van der Waals surface area contributed by atoms with E-state index in [0.29, 0.717) is 0 Å². The highest BCUT2D eigenvalue weighted by molar-refractivity contribution is 5.87. The van der Waals surface area contributed by atoms with Crippen LogP contribution in [-0.2, 0) is 12.8 Å². The molecular weight excluding hydrogens is 282 g/mol. The second kappa shape index (κ2) is 5.63. The minimum absolute atomic E-state index is 0.133. The number of nitrogen functional groups attached to an aromatic ring is 1. The molecule has 0 spiro atoms. The molecule has 3 rings (SSSR count). The van der Waals surface area contributed by atoms with E-state index in [4.69, 9.17) is 10.8 Å². The summed E-state index contributed by atoms with van der Waals surface area (Å²) in [5.41, 5.74) is 8.36. The Labute approximate surface area is 127 Å². The maximum Gasteiger partial charge on any atom is 0.335 e. The Kier molecular flexibility index (Phi) is 3.66. The number of aromatic nitrogens is 2. The van der Waals surface area contributed by atoms with Crippen molar-refractivity contribution in [3.8, 4) is 0 Å². The summed E-state index contributed by atoms with van der Waals surface area (Å²) in [6.07, 6.45) is 3.33. The van der Waals surface area contributed by atoms with E-state index in [1.807, 2.05) is 12.1 Å². The summed E-state index contributed by atoms with van der Waals surface area (Å²) in [5.74, 6) is -0.564. The SMILES string of the molecule is Nc1nc2c(c(=O)[nH]1)C(CCc1ccc(C(=O)O)cc1)CC2. The molecule has 1 unspecified atom stereocenters. The summed E-state index contributed by atoms with van der Waals surface area (Å²) in [4.78, 5) is 29.6. The fourth-order valence-electron chi connectivity index (χ4n) is 3.06.